The average molecular weight is 439 g/mol. The van der Waals surface area contributed by atoms with E-state index < -0.39 is 6.36 Å². The Hall–Kier alpha value is -3.25. The molecule has 0 amide bonds. The van der Waals surface area contributed by atoms with Crippen LogP contribution in [0.4, 0.5) is 13.2 Å². The third-order valence-electron chi connectivity index (χ3n) is 5.38. The number of halogens is 3. The van der Waals surface area contributed by atoms with E-state index in [9.17, 15) is 13.2 Å². The highest BCUT2D eigenvalue weighted by Crippen LogP contribution is 2.31. The van der Waals surface area contributed by atoms with Crippen LogP contribution in [0.5, 0.6) is 5.75 Å². The molecular weight excluding hydrogens is 415 g/mol. The summed E-state index contributed by atoms with van der Waals surface area (Å²) in [5, 5.41) is 3.57. The first-order chi connectivity index (χ1) is 15.4. The Bertz CT molecular complexity index is 1120. The van der Waals surface area contributed by atoms with Crippen LogP contribution >= 0.6 is 0 Å². The van der Waals surface area contributed by atoms with Crippen LogP contribution in [0.15, 0.2) is 83.3 Å². The van der Waals surface area contributed by atoms with Crippen LogP contribution in [-0.4, -0.2) is 12.9 Å². The second-order valence-corrected chi connectivity index (χ2v) is 7.69. The third-order valence-corrected chi connectivity index (χ3v) is 5.38. The maximum atomic E-state index is 12.3. The molecule has 0 fully saturated rings. The van der Waals surface area contributed by atoms with Crippen molar-refractivity contribution in [1.29, 1.82) is 0 Å². The topological polar surface area (TPSA) is 34.4 Å². The zero-order chi connectivity index (χ0) is 22.6. The average Bonchev–Trinajstić information content (AvgIpc) is 3.32. The standard InChI is InChI=1S/C26H24F3NO2/c1-18(23-15-11-19-6-3-2-4-8-24(19)23)30-17-5-7-21-14-16-25(31-21)20-9-12-22(13-10-20)32-26(27,28)29/h2-4,6,8-16,18,30H,5,7,17H2,1H3. The first kappa shape index (κ1) is 22.0. The summed E-state index contributed by atoms with van der Waals surface area (Å²) < 4.78 is 46.6. The van der Waals surface area contributed by atoms with Gasteiger partial charge in [0.15, 0.2) is 0 Å². The monoisotopic (exact) mass is 439 g/mol. The van der Waals surface area contributed by atoms with Crippen molar-refractivity contribution < 1.29 is 22.3 Å². The Morgan fingerprint density at radius 2 is 1.62 bits per heavy atom. The predicted molar refractivity (Wildman–Crippen MR) is 119 cm³/mol. The van der Waals surface area contributed by atoms with Gasteiger partial charge in [0.05, 0.1) is 0 Å². The highest BCUT2D eigenvalue weighted by Gasteiger charge is 2.31. The number of aryl methyl sites for hydroxylation is 1. The minimum absolute atomic E-state index is 0.236. The van der Waals surface area contributed by atoms with Crippen LogP contribution in [0, 0.1) is 0 Å². The maximum absolute atomic E-state index is 12.3. The fourth-order valence-electron chi connectivity index (χ4n) is 3.80. The number of nitrogens with one attached hydrogen (secondary N) is 1. The minimum atomic E-state index is -4.70. The number of ether oxygens (including phenoxy) is 1. The number of benzene rings is 1. The number of fused-ring (bicyclic) bond motifs is 1. The number of furan rings is 1. The molecule has 0 saturated carbocycles. The molecule has 2 aliphatic rings. The number of hydrogen-bond acceptors (Lipinski definition) is 3. The van der Waals surface area contributed by atoms with Crippen LogP contribution in [0.1, 0.15) is 30.7 Å². The molecule has 2 aromatic rings. The summed E-state index contributed by atoms with van der Waals surface area (Å²) in [6.07, 6.45) is -3.02. The Morgan fingerprint density at radius 3 is 2.41 bits per heavy atom. The fraction of sp³-hybridized carbons (Fsp3) is 0.231. The predicted octanol–water partition coefficient (Wildman–Crippen LogP) is 7.23. The van der Waals surface area contributed by atoms with Gasteiger partial charge in [-0.25, -0.2) is 0 Å². The van der Waals surface area contributed by atoms with Gasteiger partial charge in [0, 0.05) is 18.0 Å². The molecule has 6 heteroatoms. The van der Waals surface area contributed by atoms with Crippen LogP contribution in [0.3, 0.4) is 0 Å². The lowest BCUT2D eigenvalue weighted by Gasteiger charge is -2.14. The van der Waals surface area contributed by atoms with E-state index in [0.29, 0.717) is 11.3 Å². The van der Waals surface area contributed by atoms with Gasteiger partial charge in [-0.05, 0) is 73.0 Å². The summed E-state index contributed by atoms with van der Waals surface area (Å²) in [6.45, 7) is 3.01. The summed E-state index contributed by atoms with van der Waals surface area (Å²) >= 11 is 0. The summed E-state index contributed by atoms with van der Waals surface area (Å²) in [5.41, 5.74) is 4.49. The van der Waals surface area contributed by atoms with Gasteiger partial charge in [0.1, 0.15) is 17.3 Å². The number of rotatable bonds is 8. The van der Waals surface area contributed by atoms with Gasteiger partial charge in [0.2, 0.25) is 0 Å². The molecule has 1 heterocycles. The van der Waals surface area contributed by atoms with Crippen LogP contribution < -0.4 is 10.1 Å². The highest BCUT2D eigenvalue weighted by atomic mass is 19.4. The molecule has 0 saturated heterocycles. The Morgan fingerprint density at radius 1 is 0.875 bits per heavy atom. The zero-order valence-corrected chi connectivity index (χ0v) is 17.7. The first-order valence-electron chi connectivity index (χ1n) is 10.5. The van der Waals surface area contributed by atoms with Crippen molar-refractivity contribution in [2.75, 3.05) is 6.54 Å². The molecule has 0 radical (unpaired) electrons. The van der Waals surface area contributed by atoms with Crippen molar-refractivity contribution in [3.63, 3.8) is 0 Å². The summed E-state index contributed by atoms with van der Waals surface area (Å²) in [6, 6.07) is 24.4. The summed E-state index contributed by atoms with van der Waals surface area (Å²) in [7, 11) is 0. The molecule has 1 aromatic carbocycles. The van der Waals surface area contributed by atoms with Crippen molar-refractivity contribution in [3.8, 4) is 28.2 Å². The van der Waals surface area contributed by atoms with Gasteiger partial charge >= 0.3 is 6.36 Å². The van der Waals surface area contributed by atoms with Crippen molar-refractivity contribution in [2.24, 2.45) is 0 Å². The van der Waals surface area contributed by atoms with Crippen LogP contribution in [0.2, 0.25) is 0 Å². The molecule has 3 nitrogen and oxygen atoms in total. The fourth-order valence-corrected chi connectivity index (χ4v) is 3.80. The molecule has 2 aliphatic carbocycles. The van der Waals surface area contributed by atoms with E-state index in [4.69, 9.17) is 4.42 Å². The van der Waals surface area contributed by atoms with Gasteiger partial charge in [0.25, 0.3) is 0 Å². The second kappa shape index (κ2) is 9.49. The van der Waals surface area contributed by atoms with E-state index in [2.05, 4.69) is 47.3 Å². The third kappa shape index (κ3) is 5.51. The van der Waals surface area contributed by atoms with E-state index in [0.717, 1.165) is 25.1 Å². The quantitative estimate of drug-likeness (QED) is 0.294. The Kier molecular flexibility index (Phi) is 6.51. The smallest absolute Gasteiger partial charge is 0.461 e. The molecule has 1 atom stereocenters. The molecule has 0 spiro atoms. The Balaban J connectivity index is 1.28. The number of hydrogen-bond donors (Lipinski definition) is 1. The van der Waals surface area contributed by atoms with E-state index in [1.807, 2.05) is 24.3 Å². The molecular formula is C26H24F3NO2. The van der Waals surface area contributed by atoms with Crippen molar-refractivity contribution >= 4 is 0 Å². The molecule has 1 N–H and O–H groups in total. The van der Waals surface area contributed by atoms with Crippen molar-refractivity contribution in [1.82, 2.24) is 5.32 Å². The van der Waals surface area contributed by atoms with Crippen LogP contribution in [-0.2, 0) is 6.42 Å². The van der Waals surface area contributed by atoms with Crippen molar-refractivity contribution in [2.45, 2.75) is 32.2 Å². The maximum Gasteiger partial charge on any atom is 0.573 e. The van der Waals surface area contributed by atoms with Gasteiger partial charge < -0.3 is 14.5 Å². The van der Waals surface area contributed by atoms with Crippen LogP contribution in [0.25, 0.3) is 22.5 Å². The molecule has 1 aromatic heterocycles. The Labute approximate surface area is 185 Å². The second-order valence-electron chi connectivity index (χ2n) is 7.69. The summed E-state index contributed by atoms with van der Waals surface area (Å²) in [4.78, 5) is 0. The lowest BCUT2D eigenvalue weighted by Crippen LogP contribution is -2.20. The molecule has 1 unspecified atom stereocenters. The molecule has 0 aliphatic heterocycles. The molecule has 0 bridgehead atoms. The van der Waals surface area contributed by atoms with Gasteiger partial charge in [-0.15, -0.1) is 13.2 Å². The van der Waals surface area contributed by atoms with E-state index >= 15 is 0 Å². The molecule has 166 valence electrons. The zero-order valence-electron chi connectivity index (χ0n) is 17.7. The lowest BCUT2D eigenvalue weighted by atomic mass is 10.0. The van der Waals surface area contributed by atoms with E-state index in [-0.39, 0.29) is 11.8 Å². The largest absolute Gasteiger partial charge is 0.573 e. The van der Waals surface area contributed by atoms with E-state index in [1.54, 1.807) is 12.1 Å². The normalized spacial score (nSPS) is 12.8. The van der Waals surface area contributed by atoms with Gasteiger partial charge in [-0.3, -0.25) is 0 Å². The first-order valence-corrected chi connectivity index (χ1v) is 10.5. The summed E-state index contributed by atoms with van der Waals surface area (Å²) in [5.74, 6) is 1.21. The molecule has 32 heavy (non-hydrogen) atoms. The van der Waals surface area contributed by atoms with Gasteiger partial charge in [-0.2, -0.15) is 0 Å². The minimum Gasteiger partial charge on any atom is -0.461 e. The molecule has 4 rings (SSSR count). The lowest BCUT2D eigenvalue weighted by molar-refractivity contribution is -0.274. The SMILES string of the molecule is CC(NCCCc1ccc(-c2ccc(OC(F)(F)F)cc2)o1)c1ccc2cccccc1-2. The van der Waals surface area contributed by atoms with Gasteiger partial charge in [-0.1, -0.05) is 42.5 Å². The van der Waals surface area contributed by atoms with Crippen molar-refractivity contribution in [3.05, 3.63) is 90.2 Å². The number of alkyl halides is 3. The van der Waals surface area contributed by atoms with E-state index in [1.165, 1.54) is 28.8 Å². The highest BCUT2D eigenvalue weighted by molar-refractivity contribution is 5.71.